The van der Waals surface area contributed by atoms with Crippen LogP contribution in [0.2, 0.25) is 0 Å². The quantitative estimate of drug-likeness (QED) is 0.812. The third-order valence-corrected chi connectivity index (χ3v) is 3.77. The molecule has 0 bridgehead atoms. The van der Waals surface area contributed by atoms with E-state index in [2.05, 4.69) is 21.2 Å². The van der Waals surface area contributed by atoms with Crippen molar-refractivity contribution in [3.63, 3.8) is 0 Å². The molecule has 3 N–H and O–H groups in total. The summed E-state index contributed by atoms with van der Waals surface area (Å²) in [5, 5.41) is 2.64. The van der Waals surface area contributed by atoms with Crippen LogP contribution < -0.4 is 11.1 Å². The van der Waals surface area contributed by atoms with E-state index < -0.39 is 5.82 Å². The van der Waals surface area contributed by atoms with Gasteiger partial charge in [-0.05, 0) is 47.1 Å². The first-order chi connectivity index (χ1) is 9.90. The van der Waals surface area contributed by atoms with Crippen molar-refractivity contribution in [2.24, 2.45) is 5.73 Å². The van der Waals surface area contributed by atoms with Gasteiger partial charge in [-0.1, -0.05) is 29.9 Å². The Morgan fingerprint density at radius 3 is 2.71 bits per heavy atom. The SMILES string of the molecule is Cc1ccc(Br)c(C(=O)Nc2cccc(F)c2C(N)=S)c1. The largest absolute Gasteiger partial charge is 0.389 e. The van der Waals surface area contributed by atoms with Gasteiger partial charge in [-0.15, -0.1) is 0 Å². The number of amides is 1. The van der Waals surface area contributed by atoms with Crippen molar-refractivity contribution >= 4 is 44.7 Å². The van der Waals surface area contributed by atoms with Gasteiger partial charge in [0.15, 0.2) is 0 Å². The molecule has 6 heteroatoms. The van der Waals surface area contributed by atoms with E-state index >= 15 is 0 Å². The van der Waals surface area contributed by atoms with Gasteiger partial charge in [-0.25, -0.2) is 4.39 Å². The summed E-state index contributed by atoms with van der Waals surface area (Å²) in [4.78, 5) is 12.2. The van der Waals surface area contributed by atoms with Gasteiger partial charge < -0.3 is 11.1 Å². The number of rotatable bonds is 3. The first kappa shape index (κ1) is 15.6. The van der Waals surface area contributed by atoms with Crippen LogP contribution in [0.5, 0.6) is 0 Å². The molecule has 2 aromatic carbocycles. The Labute approximate surface area is 135 Å². The number of hydrogen-bond donors (Lipinski definition) is 2. The number of benzene rings is 2. The fourth-order valence-corrected chi connectivity index (χ4v) is 2.52. The summed E-state index contributed by atoms with van der Waals surface area (Å²) >= 11 is 8.15. The molecule has 0 atom stereocenters. The fraction of sp³-hybridized carbons (Fsp3) is 0.0667. The number of nitrogens with two attached hydrogens (primary N) is 1. The van der Waals surface area contributed by atoms with E-state index in [1.165, 1.54) is 12.1 Å². The molecule has 3 nitrogen and oxygen atoms in total. The maximum absolute atomic E-state index is 13.8. The second-order valence-corrected chi connectivity index (χ2v) is 5.76. The van der Waals surface area contributed by atoms with Crippen molar-refractivity contribution in [1.82, 2.24) is 0 Å². The van der Waals surface area contributed by atoms with Gasteiger partial charge in [0.05, 0.1) is 16.8 Å². The van der Waals surface area contributed by atoms with E-state index in [-0.39, 0.29) is 22.1 Å². The summed E-state index contributed by atoms with van der Waals surface area (Å²) < 4.78 is 14.4. The van der Waals surface area contributed by atoms with Crippen LogP contribution in [0, 0.1) is 12.7 Å². The first-order valence-corrected chi connectivity index (χ1v) is 7.26. The monoisotopic (exact) mass is 366 g/mol. The molecule has 0 aliphatic rings. The van der Waals surface area contributed by atoms with Crippen LogP contribution in [0.1, 0.15) is 21.5 Å². The Hall–Kier alpha value is -1.79. The van der Waals surface area contributed by atoms with Gasteiger partial charge >= 0.3 is 0 Å². The van der Waals surface area contributed by atoms with E-state index in [1.54, 1.807) is 18.2 Å². The number of nitrogens with one attached hydrogen (secondary N) is 1. The maximum Gasteiger partial charge on any atom is 0.256 e. The van der Waals surface area contributed by atoms with Gasteiger partial charge in [-0.3, -0.25) is 4.79 Å². The van der Waals surface area contributed by atoms with Crippen LogP contribution in [0.25, 0.3) is 0 Å². The van der Waals surface area contributed by atoms with Crippen molar-refractivity contribution < 1.29 is 9.18 Å². The summed E-state index contributed by atoms with van der Waals surface area (Å²) in [6.45, 7) is 1.88. The highest BCUT2D eigenvalue weighted by Crippen LogP contribution is 2.23. The Morgan fingerprint density at radius 2 is 2.05 bits per heavy atom. The summed E-state index contributed by atoms with van der Waals surface area (Å²) in [6.07, 6.45) is 0. The second kappa shape index (κ2) is 6.32. The number of carbonyl (C=O) groups is 1. The van der Waals surface area contributed by atoms with E-state index in [0.29, 0.717) is 10.0 Å². The highest BCUT2D eigenvalue weighted by atomic mass is 79.9. The van der Waals surface area contributed by atoms with Gasteiger partial charge in [0, 0.05) is 4.47 Å². The average Bonchev–Trinajstić information content (AvgIpc) is 2.41. The van der Waals surface area contributed by atoms with Crippen molar-refractivity contribution in [2.45, 2.75) is 6.92 Å². The minimum absolute atomic E-state index is 0.0321. The number of aryl methyl sites for hydroxylation is 1. The molecule has 21 heavy (non-hydrogen) atoms. The Kier molecular flexibility index (Phi) is 4.69. The lowest BCUT2D eigenvalue weighted by Gasteiger charge is -2.12. The number of anilines is 1. The van der Waals surface area contributed by atoms with Gasteiger partial charge in [0.1, 0.15) is 10.8 Å². The predicted molar refractivity (Wildman–Crippen MR) is 89.1 cm³/mol. The molecule has 0 saturated carbocycles. The number of halogens is 2. The zero-order valence-corrected chi connectivity index (χ0v) is 13.5. The standard InChI is InChI=1S/C15H12BrFN2OS/c1-8-5-6-10(16)9(7-8)15(20)19-12-4-2-3-11(17)13(12)14(18)21/h2-7H,1H3,(H2,18,21)(H,19,20). The van der Waals surface area contributed by atoms with Crippen molar-refractivity contribution in [2.75, 3.05) is 5.32 Å². The molecule has 0 unspecified atom stereocenters. The first-order valence-electron chi connectivity index (χ1n) is 6.06. The Bertz CT molecular complexity index is 734. The molecule has 2 rings (SSSR count). The fourth-order valence-electron chi connectivity index (χ4n) is 1.88. The molecule has 0 fully saturated rings. The molecule has 0 aliphatic heterocycles. The smallest absolute Gasteiger partial charge is 0.256 e. The predicted octanol–water partition coefficient (Wildman–Crippen LogP) is 3.78. The zero-order valence-electron chi connectivity index (χ0n) is 11.1. The number of hydrogen-bond acceptors (Lipinski definition) is 2. The molecule has 0 spiro atoms. The molecule has 0 aromatic heterocycles. The molecule has 0 radical (unpaired) electrons. The molecule has 108 valence electrons. The Morgan fingerprint density at radius 1 is 1.33 bits per heavy atom. The maximum atomic E-state index is 13.8. The Balaban J connectivity index is 2.39. The van der Waals surface area contributed by atoms with Gasteiger partial charge in [0.25, 0.3) is 5.91 Å². The molecule has 0 saturated heterocycles. The van der Waals surface area contributed by atoms with Crippen LogP contribution in [0.15, 0.2) is 40.9 Å². The van der Waals surface area contributed by atoms with Crippen molar-refractivity contribution in [3.8, 4) is 0 Å². The summed E-state index contributed by atoms with van der Waals surface area (Å²) in [7, 11) is 0. The summed E-state index contributed by atoms with van der Waals surface area (Å²) in [5.41, 5.74) is 7.19. The van der Waals surface area contributed by atoms with Crippen LogP contribution in [-0.2, 0) is 0 Å². The van der Waals surface area contributed by atoms with Crippen LogP contribution >= 0.6 is 28.1 Å². The minimum atomic E-state index is -0.566. The minimum Gasteiger partial charge on any atom is -0.389 e. The zero-order chi connectivity index (χ0) is 15.6. The van der Waals surface area contributed by atoms with E-state index in [4.69, 9.17) is 18.0 Å². The highest BCUT2D eigenvalue weighted by molar-refractivity contribution is 9.10. The molecule has 1 amide bonds. The van der Waals surface area contributed by atoms with Crippen LogP contribution in [0.4, 0.5) is 10.1 Å². The second-order valence-electron chi connectivity index (χ2n) is 4.46. The molecular weight excluding hydrogens is 355 g/mol. The molecular formula is C15H12BrFN2OS. The normalized spacial score (nSPS) is 10.2. The van der Waals surface area contributed by atoms with Gasteiger partial charge in [-0.2, -0.15) is 0 Å². The highest BCUT2D eigenvalue weighted by Gasteiger charge is 2.16. The third kappa shape index (κ3) is 3.46. The topological polar surface area (TPSA) is 55.1 Å². The number of thiocarbonyl (C=S) groups is 1. The van der Waals surface area contributed by atoms with Crippen molar-refractivity contribution in [3.05, 3.63) is 63.4 Å². The van der Waals surface area contributed by atoms with Gasteiger partial charge in [0.2, 0.25) is 0 Å². The summed E-state index contributed by atoms with van der Waals surface area (Å²) in [5.74, 6) is -0.933. The lowest BCUT2D eigenvalue weighted by molar-refractivity contribution is 0.102. The third-order valence-electron chi connectivity index (χ3n) is 2.87. The van der Waals surface area contributed by atoms with E-state index in [9.17, 15) is 9.18 Å². The summed E-state index contributed by atoms with van der Waals surface area (Å²) in [6, 6.07) is 9.68. The number of carbonyl (C=O) groups excluding carboxylic acids is 1. The van der Waals surface area contributed by atoms with Crippen LogP contribution in [-0.4, -0.2) is 10.9 Å². The lowest BCUT2D eigenvalue weighted by Crippen LogP contribution is -2.19. The molecule has 0 heterocycles. The van der Waals surface area contributed by atoms with Crippen molar-refractivity contribution in [1.29, 1.82) is 0 Å². The molecule has 0 aliphatic carbocycles. The van der Waals surface area contributed by atoms with Crippen LogP contribution in [0.3, 0.4) is 0 Å². The average molecular weight is 367 g/mol. The molecule has 2 aromatic rings. The van der Waals surface area contributed by atoms with E-state index in [1.807, 2.05) is 13.0 Å². The van der Waals surface area contributed by atoms with E-state index in [0.717, 1.165) is 5.56 Å². The lowest BCUT2D eigenvalue weighted by atomic mass is 10.1.